The highest BCUT2D eigenvalue weighted by molar-refractivity contribution is 6.04. The Hall–Kier alpha value is -3.68. The molecule has 0 spiro atoms. The van der Waals surface area contributed by atoms with Gasteiger partial charge in [0.2, 0.25) is 0 Å². The molecule has 0 radical (unpaired) electrons. The lowest BCUT2D eigenvalue weighted by Crippen LogP contribution is -2.22. The number of aryl methyl sites for hydroxylation is 1. The van der Waals surface area contributed by atoms with E-state index >= 15 is 0 Å². The maximum Gasteiger partial charge on any atom is 0.257 e. The van der Waals surface area contributed by atoms with Gasteiger partial charge in [-0.15, -0.1) is 0 Å². The molecule has 0 fully saturated rings. The molecular weight excluding hydrogens is 334 g/mol. The van der Waals surface area contributed by atoms with Gasteiger partial charge in [0.15, 0.2) is 5.65 Å². The number of carbonyl (C=O) groups excluding carboxylic acids is 2. The third kappa shape index (κ3) is 2.67. The number of benzene rings is 1. The number of carbonyl (C=O) groups is 2. The van der Waals surface area contributed by atoms with Crippen molar-refractivity contribution in [2.75, 3.05) is 0 Å². The molecule has 0 aliphatic carbocycles. The topological polar surface area (TPSA) is 116 Å². The third-order valence-electron chi connectivity index (χ3n) is 4.02. The molecule has 8 heteroatoms. The normalized spacial score (nSPS) is 11.1. The zero-order valence-corrected chi connectivity index (χ0v) is 13.9. The summed E-state index contributed by atoms with van der Waals surface area (Å²) in [6, 6.07) is 7.09. The van der Waals surface area contributed by atoms with Gasteiger partial charge in [0, 0.05) is 17.8 Å². The maximum atomic E-state index is 12.4. The summed E-state index contributed by atoms with van der Waals surface area (Å²) in [6.07, 6.45) is 4.78. The number of amides is 2. The van der Waals surface area contributed by atoms with Gasteiger partial charge in [0.1, 0.15) is 16.9 Å². The highest BCUT2D eigenvalue weighted by atomic mass is 16.3. The van der Waals surface area contributed by atoms with E-state index in [9.17, 15) is 9.59 Å². The van der Waals surface area contributed by atoms with E-state index in [-0.39, 0.29) is 12.5 Å². The van der Waals surface area contributed by atoms with E-state index in [4.69, 9.17) is 10.2 Å². The zero-order chi connectivity index (χ0) is 18.3. The first-order valence-corrected chi connectivity index (χ1v) is 7.92. The summed E-state index contributed by atoms with van der Waals surface area (Å²) in [4.78, 5) is 28.2. The first-order chi connectivity index (χ1) is 12.5. The van der Waals surface area contributed by atoms with Crippen LogP contribution in [-0.2, 0) is 6.54 Å². The molecule has 130 valence electrons. The zero-order valence-electron chi connectivity index (χ0n) is 13.9. The molecule has 0 bridgehead atoms. The van der Waals surface area contributed by atoms with E-state index in [2.05, 4.69) is 15.4 Å². The van der Waals surface area contributed by atoms with Crippen LogP contribution in [0.25, 0.3) is 16.6 Å². The molecule has 4 aromatic rings. The molecule has 0 saturated heterocycles. The van der Waals surface area contributed by atoms with Crippen molar-refractivity contribution in [3.8, 4) is 0 Å². The van der Waals surface area contributed by atoms with Gasteiger partial charge >= 0.3 is 0 Å². The standard InChI is InChI=1S/C18H15N5O3/c1-10-5-11-7-12(26-15(11)13(6-10)16(19)24)8-21-18(25)14-9-22-23-4-2-3-20-17(14)23/h2-7,9H,8H2,1H3,(H2,19,24)(H,21,25). The minimum atomic E-state index is -0.555. The number of nitrogens with one attached hydrogen (secondary N) is 1. The van der Waals surface area contributed by atoms with Crippen LogP contribution >= 0.6 is 0 Å². The number of rotatable bonds is 4. The fraction of sp³-hybridized carbons (Fsp3) is 0.111. The molecule has 8 nitrogen and oxygen atoms in total. The van der Waals surface area contributed by atoms with Gasteiger partial charge in [0.05, 0.1) is 18.3 Å². The molecule has 0 unspecified atom stereocenters. The maximum absolute atomic E-state index is 12.4. The van der Waals surface area contributed by atoms with Crippen LogP contribution in [0.15, 0.2) is 47.3 Å². The lowest BCUT2D eigenvalue weighted by atomic mass is 10.1. The Morgan fingerprint density at radius 3 is 2.92 bits per heavy atom. The summed E-state index contributed by atoms with van der Waals surface area (Å²) >= 11 is 0. The Kier molecular flexibility index (Phi) is 3.65. The average molecular weight is 349 g/mol. The van der Waals surface area contributed by atoms with Gasteiger partial charge in [-0.2, -0.15) is 5.10 Å². The number of hydrogen-bond acceptors (Lipinski definition) is 5. The lowest BCUT2D eigenvalue weighted by Gasteiger charge is -2.01. The fourth-order valence-corrected chi connectivity index (χ4v) is 2.88. The number of furan rings is 1. The van der Waals surface area contributed by atoms with Crippen LogP contribution in [0.4, 0.5) is 0 Å². The van der Waals surface area contributed by atoms with E-state index in [1.165, 1.54) is 10.7 Å². The molecule has 0 atom stereocenters. The second-order valence-electron chi connectivity index (χ2n) is 5.94. The Morgan fingerprint density at radius 2 is 2.12 bits per heavy atom. The van der Waals surface area contributed by atoms with Gasteiger partial charge in [-0.3, -0.25) is 9.59 Å². The number of primary amides is 1. The van der Waals surface area contributed by atoms with Crippen LogP contribution in [-0.4, -0.2) is 26.4 Å². The Bertz CT molecular complexity index is 1160. The summed E-state index contributed by atoms with van der Waals surface area (Å²) in [7, 11) is 0. The molecule has 1 aromatic carbocycles. The molecule has 3 heterocycles. The average Bonchev–Trinajstić information content (AvgIpc) is 3.22. The molecular formula is C18H15N5O3. The van der Waals surface area contributed by atoms with Crippen molar-refractivity contribution in [2.24, 2.45) is 5.73 Å². The minimum absolute atomic E-state index is 0.162. The fourth-order valence-electron chi connectivity index (χ4n) is 2.88. The van der Waals surface area contributed by atoms with Crippen molar-refractivity contribution in [2.45, 2.75) is 13.5 Å². The molecule has 3 N–H and O–H groups in total. The van der Waals surface area contributed by atoms with E-state index < -0.39 is 5.91 Å². The van der Waals surface area contributed by atoms with Crippen molar-refractivity contribution >= 4 is 28.4 Å². The summed E-state index contributed by atoms with van der Waals surface area (Å²) in [5, 5.41) is 7.63. The van der Waals surface area contributed by atoms with Crippen molar-refractivity contribution < 1.29 is 14.0 Å². The van der Waals surface area contributed by atoms with E-state index in [0.717, 1.165) is 10.9 Å². The minimum Gasteiger partial charge on any atom is -0.458 e. The van der Waals surface area contributed by atoms with Crippen LogP contribution in [0.5, 0.6) is 0 Å². The van der Waals surface area contributed by atoms with E-state index in [1.807, 2.05) is 13.0 Å². The SMILES string of the molecule is Cc1cc(C(N)=O)c2oc(CNC(=O)c3cnn4cccnc34)cc2c1. The number of hydrogen-bond donors (Lipinski definition) is 2. The molecule has 0 saturated carbocycles. The Balaban J connectivity index is 1.59. The lowest BCUT2D eigenvalue weighted by molar-refractivity contribution is 0.0947. The third-order valence-corrected chi connectivity index (χ3v) is 4.02. The Morgan fingerprint density at radius 1 is 1.27 bits per heavy atom. The summed E-state index contributed by atoms with van der Waals surface area (Å²) in [5.74, 6) is -0.350. The molecule has 0 aliphatic heterocycles. The second-order valence-corrected chi connectivity index (χ2v) is 5.94. The van der Waals surface area contributed by atoms with Gasteiger partial charge < -0.3 is 15.5 Å². The van der Waals surface area contributed by atoms with Crippen LogP contribution in [0, 0.1) is 6.92 Å². The number of nitrogens with zero attached hydrogens (tertiary/aromatic N) is 3. The molecule has 26 heavy (non-hydrogen) atoms. The molecule has 2 amide bonds. The van der Waals surface area contributed by atoms with Crippen molar-refractivity contribution in [3.05, 3.63) is 65.3 Å². The van der Waals surface area contributed by atoms with Crippen LogP contribution in [0.2, 0.25) is 0 Å². The van der Waals surface area contributed by atoms with Crippen molar-refractivity contribution in [1.29, 1.82) is 0 Å². The first kappa shape index (κ1) is 15.8. The summed E-state index contributed by atoms with van der Waals surface area (Å²) < 4.78 is 7.24. The van der Waals surface area contributed by atoms with Crippen molar-refractivity contribution in [3.63, 3.8) is 0 Å². The summed E-state index contributed by atoms with van der Waals surface area (Å²) in [5.41, 5.74) is 7.90. The smallest absolute Gasteiger partial charge is 0.257 e. The van der Waals surface area contributed by atoms with E-state index in [1.54, 1.807) is 30.6 Å². The van der Waals surface area contributed by atoms with Crippen molar-refractivity contribution in [1.82, 2.24) is 19.9 Å². The quantitative estimate of drug-likeness (QED) is 0.583. The van der Waals surface area contributed by atoms with Crippen LogP contribution < -0.4 is 11.1 Å². The predicted molar refractivity (Wildman–Crippen MR) is 93.6 cm³/mol. The van der Waals surface area contributed by atoms with Crippen LogP contribution in [0.1, 0.15) is 32.0 Å². The highest BCUT2D eigenvalue weighted by Crippen LogP contribution is 2.25. The monoisotopic (exact) mass is 349 g/mol. The summed E-state index contributed by atoms with van der Waals surface area (Å²) in [6.45, 7) is 2.04. The predicted octanol–water partition coefficient (Wildman–Crippen LogP) is 1.81. The number of nitrogens with two attached hydrogens (primary N) is 1. The Labute approximate surface area is 147 Å². The highest BCUT2D eigenvalue weighted by Gasteiger charge is 2.16. The molecule has 4 rings (SSSR count). The van der Waals surface area contributed by atoms with Gasteiger partial charge in [-0.25, -0.2) is 9.50 Å². The molecule has 0 aliphatic rings. The number of fused-ring (bicyclic) bond motifs is 2. The van der Waals surface area contributed by atoms with Gasteiger partial charge in [0.25, 0.3) is 11.8 Å². The number of aromatic nitrogens is 3. The molecule has 3 aromatic heterocycles. The van der Waals surface area contributed by atoms with Crippen LogP contribution in [0.3, 0.4) is 0 Å². The largest absolute Gasteiger partial charge is 0.458 e. The van der Waals surface area contributed by atoms with E-state index in [0.29, 0.717) is 28.1 Å². The second kappa shape index (κ2) is 5.99. The van der Waals surface area contributed by atoms with Gasteiger partial charge in [-0.05, 0) is 36.8 Å². The van der Waals surface area contributed by atoms with Gasteiger partial charge in [-0.1, -0.05) is 0 Å². The first-order valence-electron chi connectivity index (χ1n) is 7.92.